The van der Waals surface area contributed by atoms with Crippen LogP contribution in [0.4, 0.5) is 9.59 Å². The van der Waals surface area contributed by atoms with Gasteiger partial charge in [0.2, 0.25) is 5.91 Å². The van der Waals surface area contributed by atoms with E-state index in [1.165, 1.54) is 104 Å². The summed E-state index contributed by atoms with van der Waals surface area (Å²) < 4.78 is 10.3. The minimum Gasteiger partial charge on any atom is -0.453 e. The number of methoxy groups -OCH3 is 1. The second-order valence-corrected chi connectivity index (χ2v) is 11.7. The molecule has 240 valence electrons. The van der Waals surface area contributed by atoms with E-state index in [2.05, 4.69) is 22.9 Å². The molecule has 1 unspecified atom stereocenters. The lowest BCUT2D eigenvalue weighted by Crippen LogP contribution is -2.49. The van der Waals surface area contributed by atoms with Crippen molar-refractivity contribution in [1.82, 2.24) is 20.9 Å². The van der Waals surface area contributed by atoms with Gasteiger partial charge in [0.1, 0.15) is 6.61 Å². The zero-order valence-corrected chi connectivity index (χ0v) is 26.7. The van der Waals surface area contributed by atoms with E-state index in [1.54, 1.807) is 4.90 Å². The maximum absolute atomic E-state index is 12.4. The van der Waals surface area contributed by atoms with Crippen LogP contribution in [0.3, 0.4) is 0 Å². The van der Waals surface area contributed by atoms with E-state index in [9.17, 15) is 14.4 Å². The van der Waals surface area contributed by atoms with Crippen LogP contribution in [0.1, 0.15) is 123 Å². The van der Waals surface area contributed by atoms with E-state index in [-0.39, 0.29) is 25.1 Å². The molecule has 2 rings (SSSR count). The summed E-state index contributed by atoms with van der Waals surface area (Å²) in [6.45, 7) is 5.90. The molecule has 0 radical (unpaired) electrons. The Hall–Kier alpha value is -2.55. The van der Waals surface area contributed by atoms with Gasteiger partial charge < -0.3 is 30.3 Å². The summed E-state index contributed by atoms with van der Waals surface area (Å²) in [5.41, 5.74) is 2.48. The van der Waals surface area contributed by atoms with Crippen LogP contribution in [-0.4, -0.2) is 68.9 Å². The molecule has 3 N–H and O–H groups in total. The van der Waals surface area contributed by atoms with Crippen LogP contribution in [-0.2, 0) is 14.3 Å². The van der Waals surface area contributed by atoms with Crippen molar-refractivity contribution < 1.29 is 23.9 Å². The van der Waals surface area contributed by atoms with Crippen molar-refractivity contribution in [2.45, 2.75) is 129 Å². The summed E-state index contributed by atoms with van der Waals surface area (Å²) in [7, 11) is 1.31. The molecule has 3 amide bonds. The summed E-state index contributed by atoms with van der Waals surface area (Å²) in [5.74, 6) is -0.110. The standard InChI is InChI=1S/C33H58N4O5/c1-4-5-6-7-8-9-10-11-12-13-14-15-16-17-18-19-22-35-33(40)42-26-28-21-24-37(27(2)38)30(25-36-32(39)41-3)31(28)29-20-23-34-29/h21,29,34H,4-20,22-26H2,1-3H3,(H,35,40)(H,36,39). The summed E-state index contributed by atoms with van der Waals surface area (Å²) >= 11 is 0. The van der Waals surface area contributed by atoms with Crippen molar-refractivity contribution in [1.29, 1.82) is 0 Å². The summed E-state index contributed by atoms with van der Waals surface area (Å²) in [6.07, 6.45) is 23.0. The minimum absolute atomic E-state index is 0.0459. The fraction of sp³-hybridized carbons (Fsp3) is 0.788. The SMILES string of the molecule is CCCCCCCCCCCCCCCCCCNC(=O)OCC1=CCN(C(C)=O)C(CNC(=O)OC)=C1C1CCN1. The van der Waals surface area contributed by atoms with Gasteiger partial charge in [0.25, 0.3) is 0 Å². The van der Waals surface area contributed by atoms with Gasteiger partial charge >= 0.3 is 12.2 Å². The van der Waals surface area contributed by atoms with Crippen molar-refractivity contribution in [2.24, 2.45) is 0 Å². The van der Waals surface area contributed by atoms with Crippen LogP contribution in [0.2, 0.25) is 0 Å². The highest BCUT2D eigenvalue weighted by atomic mass is 16.5. The molecular weight excluding hydrogens is 532 g/mol. The van der Waals surface area contributed by atoms with Crippen LogP contribution in [0.15, 0.2) is 22.9 Å². The van der Waals surface area contributed by atoms with Gasteiger partial charge in [0.05, 0.1) is 13.7 Å². The van der Waals surface area contributed by atoms with Gasteiger partial charge in [-0.05, 0) is 30.5 Å². The van der Waals surface area contributed by atoms with E-state index >= 15 is 0 Å². The highest BCUT2D eigenvalue weighted by molar-refractivity contribution is 5.77. The third-order valence-electron chi connectivity index (χ3n) is 8.30. The van der Waals surface area contributed by atoms with Crippen molar-refractivity contribution in [2.75, 3.05) is 39.9 Å². The molecule has 1 saturated heterocycles. The Bertz CT molecular complexity index is 869. The monoisotopic (exact) mass is 590 g/mol. The van der Waals surface area contributed by atoms with Crippen molar-refractivity contribution in [3.63, 3.8) is 0 Å². The molecule has 2 heterocycles. The number of nitrogens with zero attached hydrogens (tertiary/aromatic N) is 1. The average molecular weight is 591 g/mol. The summed E-state index contributed by atoms with van der Waals surface area (Å²) in [4.78, 5) is 38.1. The lowest BCUT2D eigenvalue weighted by molar-refractivity contribution is -0.126. The smallest absolute Gasteiger partial charge is 0.407 e. The topological polar surface area (TPSA) is 109 Å². The number of alkyl carbamates (subject to hydrolysis) is 2. The average Bonchev–Trinajstić information content (AvgIpc) is 2.95. The number of hydrogen-bond donors (Lipinski definition) is 3. The van der Waals surface area contributed by atoms with Crippen LogP contribution >= 0.6 is 0 Å². The van der Waals surface area contributed by atoms with Gasteiger partial charge in [-0.2, -0.15) is 0 Å². The first-order chi connectivity index (χ1) is 20.5. The number of carbonyl (C=O) groups excluding carboxylic acids is 3. The third-order valence-corrected chi connectivity index (χ3v) is 8.30. The Morgan fingerprint density at radius 1 is 0.857 bits per heavy atom. The highest BCUT2D eigenvalue weighted by Crippen LogP contribution is 2.30. The van der Waals surface area contributed by atoms with Gasteiger partial charge in [0, 0.05) is 31.8 Å². The number of nitrogens with one attached hydrogen (secondary N) is 3. The Morgan fingerprint density at radius 3 is 1.88 bits per heavy atom. The Kier molecular flexibility index (Phi) is 18.7. The number of ether oxygens (including phenoxy) is 2. The first kappa shape index (κ1) is 35.6. The van der Waals surface area contributed by atoms with Crippen molar-refractivity contribution in [3.05, 3.63) is 22.9 Å². The molecule has 2 aliphatic rings. The fourth-order valence-electron chi connectivity index (χ4n) is 5.64. The quantitative estimate of drug-likeness (QED) is 0.121. The molecular formula is C33H58N4O5. The summed E-state index contributed by atoms with van der Waals surface area (Å²) in [6, 6.07) is 0.0459. The lowest BCUT2D eigenvalue weighted by atomic mass is 9.87. The Morgan fingerprint density at radius 2 is 1.40 bits per heavy atom. The van der Waals surface area contributed by atoms with Crippen LogP contribution < -0.4 is 16.0 Å². The number of carbonyl (C=O) groups is 3. The maximum Gasteiger partial charge on any atom is 0.407 e. The molecule has 0 aromatic heterocycles. The molecule has 0 spiro atoms. The number of amides is 3. The van der Waals surface area contributed by atoms with Crippen LogP contribution in [0.25, 0.3) is 0 Å². The number of rotatable bonds is 22. The lowest BCUT2D eigenvalue weighted by Gasteiger charge is -2.38. The highest BCUT2D eigenvalue weighted by Gasteiger charge is 2.33. The number of unbranched alkanes of at least 4 members (excludes halogenated alkanes) is 15. The molecule has 1 fully saturated rings. The molecule has 1 atom stereocenters. The summed E-state index contributed by atoms with van der Waals surface area (Å²) in [5, 5.41) is 8.94. The van der Waals surface area contributed by atoms with Gasteiger partial charge in [-0.3, -0.25) is 4.79 Å². The second kappa shape index (κ2) is 22.1. The van der Waals surface area contributed by atoms with E-state index in [4.69, 9.17) is 9.47 Å². The van der Waals surface area contributed by atoms with Gasteiger partial charge in [-0.25, -0.2) is 9.59 Å². The predicted molar refractivity (Wildman–Crippen MR) is 168 cm³/mol. The molecule has 42 heavy (non-hydrogen) atoms. The largest absolute Gasteiger partial charge is 0.453 e. The zero-order chi connectivity index (χ0) is 30.4. The van der Waals surface area contributed by atoms with Gasteiger partial charge in [-0.1, -0.05) is 109 Å². The predicted octanol–water partition coefficient (Wildman–Crippen LogP) is 6.73. The second-order valence-electron chi connectivity index (χ2n) is 11.7. The fourth-order valence-corrected chi connectivity index (χ4v) is 5.64. The molecule has 0 aromatic carbocycles. The first-order valence-electron chi connectivity index (χ1n) is 16.6. The van der Waals surface area contributed by atoms with Crippen molar-refractivity contribution in [3.8, 4) is 0 Å². The molecule has 0 aliphatic carbocycles. The molecule has 2 aliphatic heterocycles. The minimum atomic E-state index is -0.562. The first-order valence-corrected chi connectivity index (χ1v) is 16.6. The van der Waals surface area contributed by atoms with Gasteiger partial charge in [0.15, 0.2) is 0 Å². The molecule has 0 saturated carbocycles. The Labute approximate surface area is 254 Å². The molecule has 0 bridgehead atoms. The molecule has 9 nitrogen and oxygen atoms in total. The van der Waals surface area contributed by atoms with E-state index in [0.717, 1.165) is 37.0 Å². The van der Waals surface area contributed by atoms with E-state index in [1.807, 2.05) is 6.08 Å². The molecule has 0 aromatic rings. The van der Waals surface area contributed by atoms with E-state index < -0.39 is 12.2 Å². The van der Waals surface area contributed by atoms with Gasteiger partial charge in [-0.15, -0.1) is 0 Å². The maximum atomic E-state index is 12.4. The third kappa shape index (κ3) is 14.1. The number of hydrogen-bond acceptors (Lipinski definition) is 6. The van der Waals surface area contributed by atoms with E-state index in [0.29, 0.717) is 18.8 Å². The normalized spacial score (nSPS) is 16.5. The molecule has 9 heteroatoms. The van der Waals surface area contributed by atoms with Crippen LogP contribution in [0.5, 0.6) is 0 Å². The van der Waals surface area contributed by atoms with Crippen LogP contribution in [0, 0.1) is 0 Å². The zero-order valence-electron chi connectivity index (χ0n) is 26.7. The van der Waals surface area contributed by atoms with Crippen molar-refractivity contribution >= 4 is 18.1 Å². The Balaban J connectivity index is 1.58.